The van der Waals surface area contributed by atoms with E-state index in [4.69, 9.17) is 0 Å². The van der Waals surface area contributed by atoms with Crippen molar-refractivity contribution in [1.29, 1.82) is 0 Å². The van der Waals surface area contributed by atoms with Gasteiger partial charge in [0, 0.05) is 27.2 Å². The van der Waals surface area contributed by atoms with Crippen molar-refractivity contribution < 1.29 is 0 Å². The highest BCUT2D eigenvalue weighted by Crippen LogP contribution is 1.72. The zero-order valence-corrected chi connectivity index (χ0v) is 6.39. The lowest BCUT2D eigenvalue weighted by Crippen LogP contribution is -2.26. The van der Waals surface area contributed by atoms with Crippen LogP contribution in [0.2, 0.25) is 0 Å². The highest BCUT2D eigenvalue weighted by Gasteiger charge is 1.86. The Bertz CT molecular complexity index is 80.4. The van der Waals surface area contributed by atoms with E-state index in [9.17, 15) is 0 Å². The molecule has 0 radical (unpaired) electrons. The summed E-state index contributed by atoms with van der Waals surface area (Å²) in [7, 11) is 5.72. The summed E-state index contributed by atoms with van der Waals surface area (Å²) in [4.78, 5) is 5.90. The van der Waals surface area contributed by atoms with Crippen molar-refractivity contribution in [1.82, 2.24) is 10.2 Å². The van der Waals surface area contributed by atoms with Crippen molar-refractivity contribution in [3.63, 3.8) is 0 Å². The molecule has 0 fully saturated rings. The number of likely N-dealkylation sites (N-methyl/N-ethyl adjacent to an activating group) is 2. The monoisotopic (exact) mass is 129 g/mol. The van der Waals surface area contributed by atoms with Crippen LogP contribution in [0.1, 0.15) is 0 Å². The fourth-order valence-corrected chi connectivity index (χ4v) is 0.543. The van der Waals surface area contributed by atoms with Gasteiger partial charge in [-0.1, -0.05) is 0 Å². The molecule has 9 heavy (non-hydrogen) atoms. The third-order valence-corrected chi connectivity index (χ3v) is 1.03. The Kier molecular flexibility index (Phi) is 5.21. The average molecular weight is 129 g/mol. The minimum absolute atomic E-state index is 1.00. The Labute approximate surface area is 56.8 Å². The maximum Gasteiger partial charge on any atom is 0.0844 e. The Hall–Kier alpha value is -0.570. The van der Waals surface area contributed by atoms with Gasteiger partial charge in [-0.05, 0) is 7.05 Å². The highest BCUT2D eigenvalue weighted by molar-refractivity contribution is 5.53. The average Bonchev–Trinajstić information content (AvgIpc) is 1.85. The molecule has 0 atom stereocenters. The van der Waals surface area contributed by atoms with Gasteiger partial charge in [0.05, 0.1) is 6.34 Å². The third-order valence-electron chi connectivity index (χ3n) is 1.03. The van der Waals surface area contributed by atoms with E-state index in [-0.39, 0.29) is 0 Å². The largest absolute Gasteiger partial charge is 0.365 e. The molecule has 0 rings (SSSR count). The molecule has 0 aromatic rings. The first-order valence-electron chi connectivity index (χ1n) is 3.08. The fourth-order valence-electron chi connectivity index (χ4n) is 0.543. The Morgan fingerprint density at radius 3 is 2.78 bits per heavy atom. The van der Waals surface area contributed by atoms with Crippen LogP contribution in [0.5, 0.6) is 0 Å². The molecule has 0 aromatic carbocycles. The molecule has 0 aliphatic heterocycles. The van der Waals surface area contributed by atoms with E-state index < -0.39 is 0 Å². The summed E-state index contributed by atoms with van der Waals surface area (Å²) in [6.07, 6.45) is 1.82. The van der Waals surface area contributed by atoms with Crippen molar-refractivity contribution in [3.8, 4) is 0 Å². The zero-order valence-electron chi connectivity index (χ0n) is 6.39. The van der Waals surface area contributed by atoms with E-state index in [2.05, 4.69) is 10.3 Å². The maximum absolute atomic E-state index is 3.86. The van der Waals surface area contributed by atoms with Crippen molar-refractivity contribution in [2.75, 3.05) is 34.2 Å². The molecule has 0 aromatic heterocycles. The first-order valence-corrected chi connectivity index (χ1v) is 3.08. The first kappa shape index (κ1) is 8.43. The molecule has 0 bridgehead atoms. The summed E-state index contributed by atoms with van der Waals surface area (Å²) in [5.41, 5.74) is 0. The van der Waals surface area contributed by atoms with Crippen LogP contribution in [-0.2, 0) is 0 Å². The van der Waals surface area contributed by atoms with Crippen LogP contribution in [0, 0.1) is 0 Å². The quantitative estimate of drug-likeness (QED) is 0.420. The lowest BCUT2D eigenvalue weighted by Gasteiger charge is -2.10. The van der Waals surface area contributed by atoms with E-state index in [0.29, 0.717) is 0 Å². The van der Waals surface area contributed by atoms with Crippen molar-refractivity contribution in [2.24, 2.45) is 4.99 Å². The van der Waals surface area contributed by atoms with Crippen LogP contribution in [-0.4, -0.2) is 45.5 Å². The van der Waals surface area contributed by atoms with Gasteiger partial charge in [-0.15, -0.1) is 0 Å². The zero-order chi connectivity index (χ0) is 7.11. The van der Waals surface area contributed by atoms with Crippen LogP contribution in [0.3, 0.4) is 0 Å². The minimum Gasteiger partial charge on any atom is -0.365 e. The van der Waals surface area contributed by atoms with Gasteiger partial charge >= 0.3 is 0 Å². The summed E-state index contributed by atoms with van der Waals surface area (Å²) in [6, 6.07) is 0. The van der Waals surface area contributed by atoms with Crippen LogP contribution < -0.4 is 5.32 Å². The lowest BCUT2D eigenvalue weighted by atomic mass is 10.6. The molecule has 1 N–H and O–H groups in total. The van der Waals surface area contributed by atoms with Gasteiger partial charge in [0.25, 0.3) is 0 Å². The van der Waals surface area contributed by atoms with Gasteiger partial charge < -0.3 is 10.2 Å². The standard InChI is InChI=1S/C6H15N3/c1-7-4-5-9(3)6-8-2/h6-7H,4-5H2,1-3H3. The molecule has 0 aliphatic rings. The molecule has 0 unspecified atom stereocenters. The van der Waals surface area contributed by atoms with Gasteiger partial charge in [-0.25, -0.2) is 0 Å². The topological polar surface area (TPSA) is 27.6 Å². The number of hydrogen-bond donors (Lipinski definition) is 1. The third kappa shape index (κ3) is 5.30. The summed E-state index contributed by atoms with van der Waals surface area (Å²) >= 11 is 0. The second-order valence-corrected chi connectivity index (χ2v) is 1.96. The normalized spacial score (nSPS) is 10.6. The number of rotatable bonds is 4. The molecule has 3 heteroatoms. The highest BCUT2D eigenvalue weighted by atomic mass is 15.1. The van der Waals surface area contributed by atoms with Crippen molar-refractivity contribution in [3.05, 3.63) is 0 Å². The maximum atomic E-state index is 3.86. The van der Waals surface area contributed by atoms with E-state index >= 15 is 0 Å². The summed E-state index contributed by atoms with van der Waals surface area (Å²) in [5, 5.41) is 3.05. The number of nitrogens with zero attached hydrogens (tertiary/aromatic N) is 2. The molecular formula is C6H15N3. The minimum atomic E-state index is 1.00. The predicted octanol–water partition coefficient (Wildman–Crippen LogP) is -0.204. The second kappa shape index (κ2) is 5.56. The smallest absolute Gasteiger partial charge is 0.0844 e. The molecule has 0 amide bonds. The number of hydrogen-bond acceptors (Lipinski definition) is 2. The summed E-state index contributed by atoms with van der Waals surface area (Å²) in [6.45, 7) is 2.01. The molecule has 3 nitrogen and oxygen atoms in total. The lowest BCUT2D eigenvalue weighted by molar-refractivity contribution is 0.507. The number of aliphatic imine (C=N–C) groups is 1. The van der Waals surface area contributed by atoms with Crippen molar-refractivity contribution in [2.45, 2.75) is 0 Å². The summed E-state index contributed by atoms with van der Waals surface area (Å²) in [5.74, 6) is 0. The van der Waals surface area contributed by atoms with Gasteiger partial charge in [0.1, 0.15) is 0 Å². The second-order valence-electron chi connectivity index (χ2n) is 1.96. The van der Waals surface area contributed by atoms with Crippen LogP contribution in [0.15, 0.2) is 4.99 Å². The first-order chi connectivity index (χ1) is 4.31. The molecule has 0 saturated carbocycles. The molecule has 0 aliphatic carbocycles. The van der Waals surface area contributed by atoms with Gasteiger partial charge in [-0.3, -0.25) is 4.99 Å². The summed E-state index contributed by atoms with van der Waals surface area (Å²) < 4.78 is 0. The van der Waals surface area contributed by atoms with Crippen LogP contribution in [0.4, 0.5) is 0 Å². The predicted molar refractivity (Wildman–Crippen MR) is 41.0 cm³/mol. The van der Waals surface area contributed by atoms with Gasteiger partial charge in [-0.2, -0.15) is 0 Å². The van der Waals surface area contributed by atoms with E-state index in [0.717, 1.165) is 13.1 Å². The Balaban J connectivity index is 3.15. The van der Waals surface area contributed by atoms with Gasteiger partial charge in [0.2, 0.25) is 0 Å². The van der Waals surface area contributed by atoms with E-state index in [1.165, 1.54) is 0 Å². The van der Waals surface area contributed by atoms with Gasteiger partial charge in [0.15, 0.2) is 0 Å². The van der Waals surface area contributed by atoms with Crippen LogP contribution in [0.25, 0.3) is 0 Å². The number of nitrogens with one attached hydrogen (secondary N) is 1. The Morgan fingerprint density at radius 2 is 2.33 bits per heavy atom. The SMILES string of the molecule is CN=CN(C)CCNC. The van der Waals surface area contributed by atoms with Crippen molar-refractivity contribution >= 4 is 6.34 Å². The molecule has 0 saturated heterocycles. The molecule has 54 valence electrons. The fraction of sp³-hybridized carbons (Fsp3) is 0.833. The van der Waals surface area contributed by atoms with E-state index in [1.54, 1.807) is 7.05 Å². The Morgan fingerprint density at radius 1 is 1.67 bits per heavy atom. The molecule has 0 spiro atoms. The van der Waals surface area contributed by atoms with E-state index in [1.807, 2.05) is 25.3 Å². The van der Waals surface area contributed by atoms with Crippen LogP contribution >= 0.6 is 0 Å². The molecule has 0 heterocycles. The molecular weight excluding hydrogens is 114 g/mol.